The summed E-state index contributed by atoms with van der Waals surface area (Å²) in [4.78, 5) is 11.8. The molecule has 0 radical (unpaired) electrons. The van der Waals surface area contributed by atoms with Gasteiger partial charge in [-0.05, 0) is 0 Å². The Morgan fingerprint density at radius 2 is 2.60 bits per heavy atom. The minimum atomic E-state index is -0.430. The van der Waals surface area contributed by atoms with Gasteiger partial charge in [-0.15, -0.1) is 0 Å². The van der Waals surface area contributed by atoms with Crippen molar-refractivity contribution in [1.29, 1.82) is 0 Å². The van der Waals surface area contributed by atoms with Crippen LogP contribution in [0.3, 0.4) is 0 Å². The van der Waals surface area contributed by atoms with Gasteiger partial charge in [-0.1, -0.05) is 5.92 Å². The summed E-state index contributed by atoms with van der Waals surface area (Å²) in [7, 11) is 0. The molecule has 1 rings (SSSR count). The molecular weight excluding hydrogens is 134 g/mol. The first-order chi connectivity index (χ1) is 4.84. The van der Waals surface area contributed by atoms with E-state index in [1.165, 1.54) is 4.90 Å². The lowest BCUT2D eigenvalue weighted by molar-refractivity contribution is 0.167. The van der Waals surface area contributed by atoms with Crippen molar-refractivity contribution in [1.82, 2.24) is 4.90 Å². The minimum Gasteiger partial charge on any atom is -0.447 e. The fourth-order valence-electron chi connectivity index (χ4n) is 0.626. The Morgan fingerprint density at radius 1 is 1.80 bits per heavy atom. The molecule has 1 fully saturated rings. The lowest BCUT2D eigenvalue weighted by atomic mass is 10.6. The number of amides is 1. The zero-order valence-electron chi connectivity index (χ0n) is 5.33. The topological polar surface area (TPSA) is 49.8 Å². The van der Waals surface area contributed by atoms with E-state index in [0.29, 0.717) is 13.2 Å². The average molecular weight is 141 g/mol. The van der Waals surface area contributed by atoms with Crippen molar-refractivity contribution in [2.75, 3.05) is 19.8 Å². The summed E-state index contributed by atoms with van der Waals surface area (Å²) >= 11 is 0. The van der Waals surface area contributed by atoms with Gasteiger partial charge < -0.3 is 9.84 Å². The predicted molar refractivity (Wildman–Crippen MR) is 32.9 cm³/mol. The summed E-state index contributed by atoms with van der Waals surface area (Å²) in [5, 5.41) is 8.26. The second-order valence-corrected chi connectivity index (χ2v) is 1.71. The van der Waals surface area contributed by atoms with Crippen LogP contribution in [-0.2, 0) is 4.74 Å². The van der Waals surface area contributed by atoms with Gasteiger partial charge in [0.15, 0.2) is 0 Å². The number of ether oxygens (including phenoxy) is 1. The fourth-order valence-corrected chi connectivity index (χ4v) is 0.626. The Balaban J connectivity index is 2.48. The number of cyclic esters (lactones) is 1. The van der Waals surface area contributed by atoms with Crippen LogP contribution in [0.25, 0.3) is 0 Å². The third kappa shape index (κ3) is 1.39. The maximum Gasteiger partial charge on any atom is 0.421 e. The number of aliphatic hydroxyl groups is 1. The van der Waals surface area contributed by atoms with E-state index >= 15 is 0 Å². The van der Waals surface area contributed by atoms with E-state index in [2.05, 4.69) is 16.7 Å². The van der Waals surface area contributed by atoms with Gasteiger partial charge in [-0.2, -0.15) is 0 Å². The smallest absolute Gasteiger partial charge is 0.421 e. The molecule has 1 heterocycles. The molecule has 0 aliphatic carbocycles. The van der Waals surface area contributed by atoms with Crippen molar-refractivity contribution in [3.63, 3.8) is 0 Å². The van der Waals surface area contributed by atoms with E-state index < -0.39 is 6.09 Å². The van der Waals surface area contributed by atoms with E-state index in [4.69, 9.17) is 5.11 Å². The van der Waals surface area contributed by atoms with Crippen LogP contribution in [0.5, 0.6) is 0 Å². The Labute approximate surface area is 58.4 Å². The molecule has 0 saturated carbocycles. The van der Waals surface area contributed by atoms with Gasteiger partial charge in [0.25, 0.3) is 0 Å². The van der Waals surface area contributed by atoms with Gasteiger partial charge in [-0.25, -0.2) is 9.69 Å². The lowest BCUT2D eigenvalue weighted by Crippen LogP contribution is -2.17. The number of hydrogen-bond donors (Lipinski definition) is 1. The average Bonchev–Trinajstić information content (AvgIpc) is 2.31. The second kappa shape index (κ2) is 3.08. The largest absolute Gasteiger partial charge is 0.447 e. The third-order valence-corrected chi connectivity index (χ3v) is 1.05. The number of hydrogen-bond acceptors (Lipinski definition) is 3. The quantitative estimate of drug-likeness (QED) is 0.458. The molecule has 0 atom stereocenters. The Bertz CT molecular complexity index is 191. The Kier molecular flexibility index (Phi) is 2.13. The summed E-state index contributed by atoms with van der Waals surface area (Å²) in [6.07, 6.45) is -0.430. The standard InChI is InChI=1S/C6H7NO3/c8-4-1-2-7-3-5-10-6(7)9/h8H,3-5H2. The van der Waals surface area contributed by atoms with E-state index in [1.54, 1.807) is 0 Å². The molecule has 10 heavy (non-hydrogen) atoms. The normalized spacial score (nSPS) is 16.1. The van der Waals surface area contributed by atoms with Gasteiger partial charge in [-0.3, -0.25) is 0 Å². The van der Waals surface area contributed by atoms with Crippen LogP contribution in [0, 0.1) is 12.0 Å². The first-order valence-electron chi connectivity index (χ1n) is 2.88. The van der Waals surface area contributed by atoms with Crippen LogP contribution in [0.4, 0.5) is 4.79 Å². The van der Waals surface area contributed by atoms with Crippen molar-refractivity contribution in [3.8, 4) is 12.0 Å². The Hall–Kier alpha value is -1.21. The maximum absolute atomic E-state index is 10.6. The first kappa shape index (κ1) is 6.90. The molecule has 4 heteroatoms. The van der Waals surface area contributed by atoms with Crippen LogP contribution < -0.4 is 0 Å². The highest BCUT2D eigenvalue weighted by molar-refractivity contribution is 5.71. The fraction of sp³-hybridized carbons (Fsp3) is 0.500. The van der Waals surface area contributed by atoms with Gasteiger partial charge in [0, 0.05) is 6.04 Å². The Morgan fingerprint density at radius 3 is 3.10 bits per heavy atom. The monoisotopic (exact) mass is 141 g/mol. The molecule has 0 aromatic heterocycles. The van der Waals surface area contributed by atoms with Crippen molar-refractivity contribution in [2.24, 2.45) is 0 Å². The molecule has 1 N–H and O–H groups in total. The molecule has 1 amide bonds. The molecule has 1 saturated heterocycles. The van der Waals surface area contributed by atoms with Crippen molar-refractivity contribution < 1.29 is 14.6 Å². The van der Waals surface area contributed by atoms with Crippen LogP contribution >= 0.6 is 0 Å². The van der Waals surface area contributed by atoms with Gasteiger partial charge in [0.05, 0.1) is 6.54 Å². The summed E-state index contributed by atoms with van der Waals surface area (Å²) in [5.41, 5.74) is 0. The summed E-state index contributed by atoms with van der Waals surface area (Å²) < 4.78 is 4.57. The first-order valence-corrected chi connectivity index (χ1v) is 2.88. The van der Waals surface area contributed by atoms with Crippen molar-refractivity contribution in [3.05, 3.63) is 0 Å². The van der Waals surface area contributed by atoms with Gasteiger partial charge >= 0.3 is 6.09 Å². The molecule has 0 spiro atoms. The highest BCUT2D eigenvalue weighted by atomic mass is 16.6. The van der Waals surface area contributed by atoms with Crippen LogP contribution in [0.2, 0.25) is 0 Å². The highest BCUT2D eigenvalue weighted by Crippen LogP contribution is 1.99. The second-order valence-electron chi connectivity index (χ2n) is 1.71. The number of nitrogens with zero attached hydrogens (tertiary/aromatic N) is 1. The molecule has 0 unspecified atom stereocenters. The minimum absolute atomic E-state index is 0.232. The van der Waals surface area contributed by atoms with Crippen LogP contribution in [0.1, 0.15) is 0 Å². The molecule has 0 aromatic rings. The van der Waals surface area contributed by atoms with E-state index in [9.17, 15) is 4.79 Å². The number of aliphatic hydroxyl groups excluding tert-OH is 1. The van der Waals surface area contributed by atoms with Crippen molar-refractivity contribution in [2.45, 2.75) is 0 Å². The summed E-state index contributed by atoms with van der Waals surface area (Å²) in [6, 6.07) is 2.44. The van der Waals surface area contributed by atoms with Crippen LogP contribution in [0.15, 0.2) is 0 Å². The SMILES string of the molecule is O=C1OCCN1C#CCO. The van der Waals surface area contributed by atoms with E-state index in [0.717, 1.165) is 0 Å². The molecule has 0 bridgehead atoms. The van der Waals surface area contributed by atoms with Gasteiger partial charge in [0.2, 0.25) is 0 Å². The van der Waals surface area contributed by atoms with E-state index in [1.807, 2.05) is 0 Å². The number of rotatable bonds is 0. The number of carbonyl (C=O) groups is 1. The highest BCUT2D eigenvalue weighted by Gasteiger charge is 2.19. The molecule has 1 aliphatic heterocycles. The zero-order valence-corrected chi connectivity index (χ0v) is 5.33. The molecule has 0 aromatic carbocycles. The van der Waals surface area contributed by atoms with Gasteiger partial charge in [0.1, 0.15) is 13.2 Å². The summed E-state index contributed by atoms with van der Waals surface area (Å²) in [6.45, 7) is 0.647. The molecule has 4 nitrogen and oxygen atoms in total. The zero-order chi connectivity index (χ0) is 7.40. The van der Waals surface area contributed by atoms with Crippen LogP contribution in [-0.4, -0.2) is 35.9 Å². The number of carbonyl (C=O) groups excluding carboxylic acids is 1. The third-order valence-electron chi connectivity index (χ3n) is 1.05. The summed E-state index contributed by atoms with van der Waals surface area (Å²) in [5.74, 6) is 2.35. The molecule has 54 valence electrons. The molecule has 1 aliphatic rings. The molecular formula is C6H7NO3. The maximum atomic E-state index is 10.6. The predicted octanol–water partition coefficient (Wildman–Crippen LogP) is -0.608. The van der Waals surface area contributed by atoms with E-state index in [-0.39, 0.29) is 6.61 Å². The lowest BCUT2D eigenvalue weighted by Gasteiger charge is -1.98. The van der Waals surface area contributed by atoms with Crippen molar-refractivity contribution >= 4 is 6.09 Å².